The molecule has 112 valence electrons. The molecule has 0 aliphatic heterocycles. The van der Waals surface area contributed by atoms with Crippen LogP contribution < -0.4 is 15.0 Å². The number of hydrogen-bond donors (Lipinski definition) is 0. The predicted octanol–water partition coefficient (Wildman–Crippen LogP) is 3.66. The summed E-state index contributed by atoms with van der Waals surface area (Å²) in [7, 11) is 3.11. The van der Waals surface area contributed by atoms with Gasteiger partial charge in [0.25, 0.3) is 5.56 Å². The van der Waals surface area contributed by atoms with E-state index >= 15 is 0 Å². The number of aromatic nitrogens is 1. The van der Waals surface area contributed by atoms with Crippen molar-refractivity contribution in [1.82, 2.24) is 4.57 Å². The fourth-order valence-electron chi connectivity index (χ4n) is 2.40. The van der Waals surface area contributed by atoms with Gasteiger partial charge in [-0.15, -0.1) is 0 Å². The van der Waals surface area contributed by atoms with Crippen molar-refractivity contribution < 1.29 is 9.47 Å². The third kappa shape index (κ3) is 2.42. The highest BCUT2D eigenvalue weighted by Gasteiger charge is 2.12. The number of nitrogens with zero attached hydrogens (tertiary/aromatic N) is 1. The van der Waals surface area contributed by atoms with Crippen LogP contribution in [0.15, 0.2) is 53.5 Å². The lowest BCUT2D eigenvalue weighted by Crippen LogP contribution is -2.18. The molecular formula is C17H14ClNO3. The Morgan fingerprint density at radius 3 is 2.36 bits per heavy atom. The van der Waals surface area contributed by atoms with Crippen LogP contribution in [0.5, 0.6) is 11.5 Å². The second kappa shape index (κ2) is 5.73. The van der Waals surface area contributed by atoms with Crippen LogP contribution in [0.1, 0.15) is 0 Å². The van der Waals surface area contributed by atoms with E-state index in [-0.39, 0.29) is 5.56 Å². The molecule has 1 aromatic heterocycles. The first-order valence-corrected chi connectivity index (χ1v) is 7.05. The molecular weight excluding hydrogens is 302 g/mol. The molecule has 22 heavy (non-hydrogen) atoms. The molecule has 3 aromatic rings. The summed E-state index contributed by atoms with van der Waals surface area (Å²) in [4.78, 5) is 12.8. The molecule has 0 saturated heterocycles. The van der Waals surface area contributed by atoms with Crippen LogP contribution in [0.3, 0.4) is 0 Å². The van der Waals surface area contributed by atoms with Gasteiger partial charge in [0.15, 0.2) is 0 Å². The molecule has 0 saturated carbocycles. The third-order valence-corrected chi connectivity index (χ3v) is 3.75. The minimum atomic E-state index is -0.153. The molecule has 0 aliphatic carbocycles. The highest BCUT2D eigenvalue weighted by atomic mass is 35.5. The summed E-state index contributed by atoms with van der Waals surface area (Å²) in [6, 6.07) is 12.5. The molecule has 1 heterocycles. The zero-order valence-corrected chi connectivity index (χ0v) is 12.9. The Hall–Kier alpha value is -2.46. The van der Waals surface area contributed by atoms with Crippen molar-refractivity contribution >= 4 is 22.4 Å². The first kappa shape index (κ1) is 14.5. The fraction of sp³-hybridized carbons (Fsp3) is 0.118. The fourth-order valence-corrected chi connectivity index (χ4v) is 2.52. The molecule has 5 heteroatoms. The van der Waals surface area contributed by atoms with E-state index in [2.05, 4.69) is 0 Å². The van der Waals surface area contributed by atoms with Crippen LogP contribution in [-0.2, 0) is 0 Å². The summed E-state index contributed by atoms with van der Waals surface area (Å²) < 4.78 is 12.1. The Morgan fingerprint density at radius 2 is 1.73 bits per heavy atom. The molecule has 0 fully saturated rings. The average molecular weight is 316 g/mol. The molecule has 0 aliphatic rings. The number of ether oxygens (including phenoxy) is 2. The summed E-state index contributed by atoms with van der Waals surface area (Å²) in [5, 5.41) is 1.91. The highest BCUT2D eigenvalue weighted by molar-refractivity contribution is 6.30. The smallest absolute Gasteiger partial charge is 0.266 e. The molecule has 3 rings (SSSR count). The lowest BCUT2D eigenvalue weighted by molar-refractivity contribution is 0.397. The van der Waals surface area contributed by atoms with Gasteiger partial charge in [0.2, 0.25) is 0 Å². The van der Waals surface area contributed by atoms with Crippen molar-refractivity contribution in [1.29, 1.82) is 0 Å². The van der Waals surface area contributed by atoms with Gasteiger partial charge in [-0.2, -0.15) is 0 Å². The number of benzene rings is 2. The van der Waals surface area contributed by atoms with Crippen molar-refractivity contribution in [2.75, 3.05) is 14.2 Å². The maximum absolute atomic E-state index is 12.8. The van der Waals surface area contributed by atoms with Crippen molar-refractivity contribution in [2.24, 2.45) is 0 Å². The molecule has 0 amide bonds. The summed E-state index contributed by atoms with van der Waals surface area (Å²) in [6.45, 7) is 0. The number of hydrogen-bond acceptors (Lipinski definition) is 3. The van der Waals surface area contributed by atoms with Gasteiger partial charge in [-0.3, -0.25) is 9.36 Å². The van der Waals surface area contributed by atoms with Gasteiger partial charge in [-0.05, 0) is 41.8 Å². The van der Waals surface area contributed by atoms with Gasteiger partial charge in [0, 0.05) is 23.0 Å². The number of fused-ring (bicyclic) bond motifs is 1. The normalized spacial score (nSPS) is 10.7. The number of pyridine rings is 1. The number of methoxy groups -OCH3 is 2. The van der Waals surface area contributed by atoms with E-state index in [4.69, 9.17) is 21.1 Å². The quantitative estimate of drug-likeness (QED) is 0.740. The topological polar surface area (TPSA) is 40.5 Å². The van der Waals surface area contributed by atoms with Gasteiger partial charge < -0.3 is 9.47 Å². The maximum atomic E-state index is 12.8. The lowest BCUT2D eigenvalue weighted by atomic mass is 10.1. The van der Waals surface area contributed by atoms with Crippen molar-refractivity contribution in [2.45, 2.75) is 0 Å². The van der Waals surface area contributed by atoms with Crippen LogP contribution in [0.4, 0.5) is 0 Å². The number of halogens is 1. The summed E-state index contributed by atoms with van der Waals surface area (Å²) in [6.07, 6.45) is 1.73. The van der Waals surface area contributed by atoms with Gasteiger partial charge in [-0.25, -0.2) is 0 Å². The van der Waals surface area contributed by atoms with Crippen LogP contribution in [-0.4, -0.2) is 18.8 Å². The van der Waals surface area contributed by atoms with Gasteiger partial charge in [0.1, 0.15) is 11.5 Å². The minimum absolute atomic E-state index is 0.153. The predicted molar refractivity (Wildman–Crippen MR) is 87.7 cm³/mol. The van der Waals surface area contributed by atoms with E-state index in [1.54, 1.807) is 48.2 Å². The van der Waals surface area contributed by atoms with E-state index in [9.17, 15) is 4.79 Å². The second-order valence-electron chi connectivity index (χ2n) is 4.76. The van der Waals surface area contributed by atoms with Crippen molar-refractivity contribution in [3.05, 3.63) is 64.0 Å². The van der Waals surface area contributed by atoms with Crippen LogP contribution in [0.25, 0.3) is 16.5 Å². The monoisotopic (exact) mass is 315 g/mol. The van der Waals surface area contributed by atoms with E-state index in [0.717, 1.165) is 11.1 Å². The first-order chi connectivity index (χ1) is 10.6. The van der Waals surface area contributed by atoms with E-state index in [0.29, 0.717) is 21.9 Å². The molecule has 4 nitrogen and oxygen atoms in total. The Kier molecular flexibility index (Phi) is 3.77. The Morgan fingerprint density at radius 1 is 1.00 bits per heavy atom. The molecule has 0 unspecified atom stereocenters. The zero-order valence-electron chi connectivity index (χ0n) is 12.2. The number of rotatable bonds is 3. The molecule has 0 radical (unpaired) electrons. The largest absolute Gasteiger partial charge is 0.497 e. The molecule has 0 spiro atoms. The van der Waals surface area contributed by atoms with Crippen LogP contribution in [0, 0.1) is 0 Å². The minimum Gasteiger partial charge on any atom is -0.497 e. The molecule has 2 aromatic carbocycles. The SMILES string of the molecule is COc1cc(OC)c2c(=O)n(-c3ccc(Cl)cc3)ccc2c1. The Balaban J connectivity index is 2.29. The summed E-state index contributed by atoms with van der Waals surface area (Å²) >= 11 is 5.89. The standard InChI is InChI=1S/C17H14ClNO3/c1-21-14-9-11-7-8-19(13-5-3-12(18)4-6-13)17(20)16(11)15(10-14)22-2/h3-10H,1-2H3. The summed E-state index contributed by atoms with van der Waals surface area (Å²) in [5.41, 5.74) is 0.591. The van der Waals surface area contributed by atoms with Crippen molar-refractivity contribution in [3.8, 4) is 17.2 Å². The molecule has 0 atom stereocenters. The van der Waals surface area contributed by atoms with Crippen LogP contribution >= 0.6 is 11.6 Å². The van der Waals surface area contributed by atoms with E-state index in [1.165, 1.54) is 7.11 Å². The molecule has 0 N–H and O–H groups in total. The lowest BCUT2D eigenvalue weighted by Gasteiger charge is -2.11. The van der Waals surface area contributed by atoms with E-state index in [1.807, 2.05) is 12.1 Å². The van der Waals surface area contributed by atoms with E-state index < -0.39 is 0 Å². The molecule has 0 bridgehead atoms. The Labute approximate surface area is 132 Å². The highest BCUT2D eigenvalue weighted by Crippen LogP contribution is 2.29. The van der Waals surface area contributed by atoms with Crippen molar-refractivity contribution in [3.63, 3.8) is 0 Å². The first-order valence-electron chi connectivity index (χ1n) is 6.67. The summed E-state index contributed by atoms with van der Waals surface area (Å²) in [5.74, 6) is 1.13. The Bertz CT molecular complexity index is 885. The van der Waals surface area contributed by atoms with Gasteiger partial charge in [-0.1, -0.05) is 11.6 Å². The van der Waals surface area contributed by atoms with Gasteiger partial charge >= 0.3 is 0 Å². The second-order valence-corrected chi connectivity index (χ2v) is 5.20. The zero-order chi connectivity index (χ0) is 15.7. The van der Waals surface area contributed by atoms with Crippen LogP contribution in [0.2, 0.25) is 5.02 Å². The third-order valence-electron chi connectivity index (χ3n) is 3.50. The average Bonchev–Trinajstić information content (AvgIpc) is 2.55. The van der Waals surface area contributed by atoms with Gasteiger partial charge in [0.05, 0.1) is 19.6 Å². The maximum Gasteiger partial charge on any atom is 0.266 e.